The number of thiophene rings is 2. The van der Waals surface area contributed by atoms with E-state index in [1.807, 2.05) is 6.07 Å². The van der Waals surface area contributed by atoms with Crippen molar-refractivity contribution in [2.45, 2.75) is 13.3 Å². The van der Waals surface area contributed by atoms with Crippen LogP contribution in [0.2, 0.25) is 0 Å². The Labute approximate surface area is 91.0 Å². The summed E-state index contributed by atoms with van der Waals surface area (Å²) in [6.45, 7) is 1.61. The SMILES string of the molecule is CC(=O)c1cc(Cc2cccs2)cs1. The van der Waals surface area contributed by atoms with Crippen LogP contribution >= 0.6 is 22.7 Å². The summed E-state index contributed by atoms with van der Waals surface area (Å²) < 4.78 is 0. The van der Waals surface area contributed by atoms with Gasteiger partial charge in [-0.25, -0.2) is 0 Å². The van der Waals surface area contributed by atoms with Crippen molar-refractivity contribution >= 4 is 28.5 Å². The highest BCUT2D eigenvalue weighted by molar-refractivity contribution is 7.12. The molecule has 0 unspecified atom stereocenters. The van der Waals surface area contributed by atoms with Gasteiger partial charge in [-0.3, -0.25) is 4.79 Å². The number of hydrogen-bond acceptors (Lipinski definition) is 3. The molecule has 0 aliphatic carbocycles. The van der Waals surface area contributed by atoms with Crippen molar-refractivity contribution < 1.29 is 4.79 Å². The van der Waals surface area contributed by atoms with Crippen LogP contribution in [-0.4, -0.2) is 5.78 Å². The largest absolute Gasteiger partial charge is 0.294 e. The van der Waals surface area contributed by atoms with Crippen molar-refractivity contribution in [3.8, 4) is 0 Å². The molecular formula is C11H10OS2. The zero-order valence-electron chi connectivity index (χ0n) is 7.82. The van der Waals surface area contributed by atoms with E-state index in [1.165, 1.54) is 21.8 Å². The van der Waals surface area contributed by atoms with Crippen LogP contribution in [0.4, 0.5) is 0 Å². The molecule has 2 aromatic heterocycles. The Balaban J connectivity index is 2.14. The Morgan fingerprint density at radius 2 is 2.29 bits per heavy atom. The van der Waals surface area contributed by atoms with E-state index in [9.17, 15) is 4.79 Å². The molecule has 2 heterocycles. The number of hydrogen-bond donors (Lipinski definition) is 0. The molecular weight excluding hydrogens is 212 g/mol. The predicted octanol–water partition coefficient (Wildman–Crippen LogP) is 3.60. The van der Waals surface area contributed by atoms with Gasteiger partial charge in [0.25, 0.3) is 0 Å². The van der Waals surface area contributed by atoms with Gasteiger partial charge in [0, 0.05) is 11.3 Å². The van der Waals surface area contributed by atoms with E-state index in [-0.39, 0.29) is 5.78 Å². The van der Waals surface area contributed by atoms with Gasteiger partial charge >= 0.3 is 0 Å². The molecule has 1 nitrogen and oxygen atoms in total. The maximum atomic E-state index is 11.1. The molecule has 0 amide bonds. The Bertz CT molecular complexity index is 426. The molecule has 0 spiro atoms. The van der Waals surface area contributed by atoms with Crippen molar-refractivity contribution in [3.05, 3.63) is 44.3 Å². The molecule has 72 valence electrons. The fourth-order valence-electron chi connectivity index (χ4n) is 1.27. The maximum absolute atomic E-state index is 11.1. The number of ketones is 1. The van der Waals surface area contributed by atoms with E-state index < -0.39 is 0 Å². The van der Waals surface area contributed by atoms with E-state index >= 15 is 0 Å². The number of rotatable bonds is 3. The highest BCUT2D eigenvalue weighted by Crippen LogP contribution is 2.20. The molecule has 0 atom stereocenters. The van der Waals surface area contributed by atoms with Crippen LogP contribution in [0.3, 0.4) is 0 Å². The predicted molar refractivity (Wildman–Crippen MR) is 61.4 cm³/mol. The average molecular weight is 222 g/mol. The summed E-state index contributed by atoms with van der Waals surface area (Å²) >= 11 is 3.29. The normalized spacial score (nSPS) is 10.4. The molecule has 3 heteroatoms. The minimum absolute atomic E-state index is 0.160. The van der Waals surface area contributed by atoms with Crippen molar-refractivity contribution in [2.24, 2.45) is 0 Å². The first-order valence-corrected chi connectivity index (χ1v) is 6.12. The second-order valence-corrected chi connectivity index (χ2v) is 5.08. The number of Topliss-reactive ketones (excluding diaryl/α,β-unsaturated/α-hetero) is 1. The molecule has 0 aliphatic heterocycles. The van der Waals surface area contributed by atoms with Gasteiger partial charge in [0.05, 0.1) is 4.88 Å². The lowest BCUT2D eigenvalue weighted by Gasteiger charge is -1.91. The highest BCUT2D eigenvalue weighted by Gasteiger charge is 2.04. The third kappa shape index (κ3) is 2.11. The van der Waals surface area contributed by atoms with Crippen LogP contribution in [0.5, 0.6) is 0 Å². The van der Waals surface area contributed by atoms with Gasteiger partial charge in [-0.2, -0.15) is 0 Å². The standard InChI is InChI=1S/C11H10OS2/c1-8(12)11-6-9(7-14-11)5-10-3-2-4-13-10/h2-4,6-7H,5H2,1H3. The number of carbonyl (C=O) groups excluding carboxylic acids is 1. The minimum atomic E-state index is 0.160. The monoisotopic (exact) mass is 222 g/mol. The first kappa shape index (κ1) is 9.62. The van der Waals surface area contributed by atoms with Gasteiger partial charge in [-0.05, 0) is 35.4 Å². The third-order valence-corrected chi connectivity index (χ3v) is 3.92. The van der Waals surface area contributed by atoms with Gasteiger partial charge in [-0.15, -0.1) is 22.7 Å². The van der Waals surface area contributed by atoms with Crippen LogP contribution in [0.25, 0.3) is 0 Å². The molecule has 0 fully saturated rings. The Hall–Kier alpha value is -0.930. The first-order chi connectivity index (χ1) is 6.75. The molecule has 2 rings (SSSR count). The van der Waals surface area contributed by atoms with E-state index in [4.69, 9.17) is 0 Å². The Kier molecular flexibility index (Phi) is 2.79. The smallest absolute Gasteiger partial charge is 0.169 e. The van der Waals surface area contributed by atoms with E-state index in [1.54, 1.807) is 18.3 Å². The van der Waals surface area contributed by atoms with Crippen LogP contribution < -0.4 is 0 Å². The molecule has 0 aliphatic rings. The molecule has 0 saturated heterocycles. The van der Waals surface area contributed by atoms with Crippen molar-refractivity contribution in [2.75, 3.05) is 0 Å². The van der Waals surface area contributed by atoms with Crippen LogP contribution in [-0.2, 0) is 6.42 Å². The summed E-state index contributed by atoms with van der Waals surface area (Å²) in [6.07, 6.45) is 0.946. The molecule has 0 N–H and O–H groups in total. The highest BCUT2D eigenvalue weighted by atomic mass is 32.1. The van der Waals surface area contributed by atoms with Crippen molar-refractivity contribution in [1.29, 1.82) is 0 Å². The van der Waals surface area contributed by atoms with Gasteiger partial charge in [0.2, 0.25) is 0 Å². The van der Waals surface area contributed by atoms with Gasteiger partial charge in [0.15, 0.2) is 5.78 Å². The molecule has 14 heavy (non-hydrogen) atoms. The number of carbonyl (C=O) groups is 1. The van der Waals surface area contributed by atoms with Crippen molar-refractivity contribution in [3.63, 3.8) is 0 Å². The minimum Gasteiger partial charge on any atom is -0.294 e. The molecule has 2 aromatic rings. The van der Waals surface area contributed by atoms with E-state index in [0.29, 0.717) is 0 Å². The molecule has 0 bridgehead atoms. The molecule has 0 saturated carbocycles. The molecule has 0 radical (unpaired) electrons. The average Bonchev–Trinajstić information content (AvgIpc) is 2.75. The fourth-order valence-corrected chi connectivity index (χ4v) is 2.82. The summed E-state index contributed by atoms with van der Waals surface area (Å²) in [6, 6.07) is 6.17. The van der Waals surface area contributed by atoms with E-state index in [0.717, 1.165) is 11.3 Å². The first-order valence-electron chi connectivity index (χ1n) is 4.36. The Morgan fingerprint density at radius 1 is 1.43 bits per heavy atom. The van der Waals surface area contributed by atoms with Crippen LogP contribution in [0.1, 0.15) is 27.0 Å². The summed E-state index contributed by atoms with van der Waals surface area (Å²) in [5, 5.41) is 4.14. The summed E-state index contributed by atoms with van der Waals surface area (Å²) in [5.41, 5.74) is 1.24. The van der Waals surface area contributed by atoms with Crippen LogP contribution in [0, 0.1) is 0 Å². The van der Waals surface area contributed by atoms with Crippen molar-refractivity contribution in [1.82, 2.24) is 0 Å². The second kappa shape index (κ2) is 4.07. The topological polar surface area (TPSA) is 17.1 Å². The summed E-state index contributed by atoms with van der Waals surface area (Å²) in [5.74, 6) is 0.160. The third-order valence-electron chi connectivity index (χ3n) is 1.96. The van der Waals surface area contributed by atoms with Gasteiger partial charge in [0.1, 0.15) is 0 Å². The lowest BCUT2D eigenvalue weighted by molar-refractivity contribution is 0.102. The summed E-state index contributed by atoms with van der Waals surface area (Å²) in [7, 11) is 0. The zero-order valence-corrected chi connectivity index (χ0v) is 9.45. The van der Waals surface area contributed by atoms with Gasteiger partial charge in [-0.1, -0.05) is 6.07 Å². The lowest BCUT2D eigenvalue weighted by atomic mass is 10.2. The quantitative estimate of drug-likeness (QED) is 0.725. The molecule has 0 aromatic carbocycles. The van der Waals surface area contributed by atoms with Crippen LogP contribution in [0.15, 0.2) is 29.0 Å². The maximum Gasteiger partial charge on any atom is 0.169 e. The summed E-state index contributed by atoms with van der Waals surface area (Å²) in [4.78, 5) is 13.3. The second-order valence-electron chi connectivity index (χ2n) is 3.13. The fraction of sp³-hybridized carbons (Fsp3) is 0.182. The van der Waals surface area contributed by atoms with Gasteiger partial charge < -0.3 is 0 Å². The Morgan fingerprint density at radius 3 is 2.86 bits per heavy atom. The van der Waals surface area contributed by atoms with E-state index in [2.05, 4.69) is 22.9 Å². The lowest BCUT2D eigenvalue weighted by Crippen LogP contribution is -1.85. The zero-order chi connectivity index (χ0) is 9.97.